The van der Waals surface area contributed by atoms with Crippen molar-refractivity contribution in [1.29, 1.82) is 0 Å². The second kappa shape index (κ2) is 7.19. The molecule has 1 aliphatic rings. The molecule has 1 aromatic heterocycles. The van der Waals surface area contributed by atoms with E-state index in [1.165, 1.54) is 17.7 Å². The summed E-state index contributed by atoms with van der Waals surface area (Å²) in [5.41, 5.74) is 1.33. The molecular weight excluding hydrogens is 292 g/mol. The molecule has 1 amide bonds. The van der Waals surface area contributed by atoms with Crippen LogP contribution in [0.15, 0.2) is 47.3 Å². The molecule has 1 aliphatic heterocycles. The van der Waals surface area contributed by atoms with E-state index in [-0.39, 0.29) is 11.5 Å². The summed E-state index contributed by atoms with van der Waals surface area (Å²) >= 11 is 0. The zero-order valence-electron chi connectivity index (χ0n) is 12.9. The highest BCUT2D eigenvalue weighted by molar-refractivity contribution is 5.92. The summed E-state index contributed by atoms with van der Waals surface area (Å²) in [5, 5.41) is 6.11. The predicted molar refractivity (Wildman–Crippen MR) is 87.3 cm³/mol. The standard InChI is InChI=1S/C17H20N4O2/c22-16-7-6-15(18-19-16)17(23)21-12-10-20(11-13-21)9-8-14-4-2-1-3-5-14/h1-7H,8-13H2,(H,19,22). The molecule has 1 fully saturated rings. The van der Waals surface area contributed by atoms with Crippen molar-refractivity contribution in [1.82, 2.24) is 20.0 Å². The average Bonchev–Trinajstić information content (AvgIpc) is 2.61. The zero-order chi connectivity index (χ0) is 16.1. The lowest BCUT2D eigenvalue weighted by Crippen LogP contribution is -2.49. The maximum Gasteiger partial charge on any atom is 0.274 e. The molecule has 2 aromatic rings. The van der Waals surface area contributed by atoms with Crippen molar-refractivity contribution < 1.29 is 4.79 Å². The van der Waals surface area contributed by atoms with Gasteiger partial charge in [0, 0.05) is 38.8 Å². The van der Waals surface area contributed by atoms with Gasteiger partial charge in [0.25, 0.3) is 11.5 Å². The minimum Gasteiger partial charge on any atom is -0.335 e. The number of nitrogens with one attached hydrogen (secondary N) is 1. The Kier molecular flexibility index (Phi) is 4.83. The van der Waals surface area contributed by atoms with E-state index < -0.39 is 0 Å². The SMILES string of the molecule is O=C(c1ccc(=O)[nH]n1)N1CCN(CCc2ccccc2)CC1. The molecule has 0 saturated carbocycles. The molecule has 120 valence electrons. The molecule has 3 rings (SSSR count). The molecule has 0 spiro atoms. The van der Waals surface area contributed by atoms with E-state index >= 15 is 0 Å². The van der Waals surface area contributed by atoms with E-state index in [4.69, 9.17) is 0 Å². The third-order valence-corrected chi connectivity index (χ3v) is 4.12. The molecule has 1 saturated heterocycles. The maximum atomic E-state index is 12.3. The smallest absolute Gasteiger partial charge is 0.274 e. The largest absolute Gasteiger partial charge is 0.335 e. The Labute approximate surface area is 134 Å². The number of carbonyl (C=O) groups excluding carboxylic acids is 1. The number of carbonyl (C=O) groups is 1. The van der Waals surface area contributed by atoms with Crippen molar-refractivity contribution in [3.8, 4) is 0 Å². The molecule has 1 aromatic carbocycles. The van der Waals surface area contributed by atoms with Crippen LogP contribution in [-0.2, 0) is 6.42 Å². The first-order chi connectivity index (χ1) is 11.2. The van der Waals surface area contributed by atoms with Crippen LogP contribution >= 0.6 is 0 Å². The Morgan fingerprint density at radius 3 is 2.43 bits per heavy atom. The van der Waals surface area contributed by atoms with Crippen LogP contribution in [0.1, 0.15) is 16.1 Å². The van der Waals surface area contributed by atoms with Crippen LogP contribution in [0.5, 0.6) is 0 Å². The highest BCUT2D eigenvalue weighted by atomic mass is 16.2. The van der Waals surface area contributed by atoms with Crippen molar-refractivity contribution in [2.75, 3.05) is 32.7 Å². The normalized spacial score (nSPS) is 15.6. The number of rotatable bonds is 4. The van der Waals surface area contributed by atoms with Crippen molar-refractivity contribution >= 4 is 5.91 Å². The number of H-pyrrole nitrogens is 1. The second-order valence-corrected chi connectivity index (χ2v) is 5.68. The Hall–Kier alpha value is -2.47. The minimum absolute atomic E-state index is 0.121. The van der Waals surface area contributed by atoms with Gasteiger partial charge in [0.2, 0.25) is 0 Å². The summed E-state index contributed by atoms with van der Waals surface area (Å²) in [7, 11) is 0. The molecular formula is C17H20N4O2. The molecule has 0 bridgehead atoms. The quantitative estimate of drug-likeness (QED) is 0.905. The number of nitrogens with zero attached hydrogens (tertiary/aromatic N) is 3. The minimum atomic E-state index is -0.299. The van der Waals surface area contributed by atoms with Gasteiger partial charge in [0.05, 0.1) is 0 Å². The van der Waals surface area contributed by atoms with Gasteiger partial charge < -0.3 is 4.90 Å². The van der Waals surface area contributed by atoms with E-state index in [1.54, 1.807) is 4.90 Å². The fraction of sp³-hybridized carbons (Fsp3) is 0.353. The highest BCUT2D eigenvalue weighted by Crippen LogP contribution is 2.08. The Morgan fingerprint density at radius 2 is 1.78 bits per heavy atom. The first-order valence-corrected chi connectivity index (χ1v) is 7.84. The molecule has 0 unspecified atom stereocenters. The fourth-order valence-electron chi connectivity index (χ4n) is 2.73. The number of benzene rings is 1. The van der Waals surface area contributed by atoms with Crippen LogP contribution in [0.3, 0.4) is 0 Å². The van der Waals surface area contributed by atoms with E-state index in [9.17, 15) is 9.59 Å². The van der Waals surface area contributed by atoms with Gasteiger partial charge in [-0.2, -0.15) is 5.10 Å². The van der Waals surface area contributed by atoms with Crippen molar-refractivity contribution in [2.45, 2.75) is 6.42 Å². The third kappa shape index (κ3) is 4.04. The number of hydrogen-bond acceptors (Lipinski definition) is 4. The first-order valence-electron chi connectivity index (χ1n) is 7.84. The summed E-state index contributed by atoms with van der Waals surface area (Å²) < 4.78 is 0. The van der Waals surface area contributed by atoms with Crippen molar-refractivity contribution in [3.63, 3.8) is 0 Å². The predicted octanol–water partition coefficient (Wildman–Crippen LogP) is 0.770. The zero-order valence-corrected chi connectivity index (χ0v) is 12.9. The molecule has 6 heteroatoms. The van der Waals surface area contributed by atoms with Gasteiger partial charge in [-0.25, -0.2) is 5.10 Å². The maximum absolute atomic E-state index is 12.3. The summed E-state index contributed by atoms with van der Waals surface area (Å²) in [5.74, 6) is -0.121. The van der Waals surface area contributed by atoms with Crippen LogP contribution in [0.25, 0.3) is 0 Å². The van der Waals surface area contributed by atoms with Crippen LogP contribution in [0.4, 0.5) is 0 Å². The number of amides is 1. The first kappa shape index (κ1) is 15.4. The van der Waals surface area contributed by atoms with Gasteiger partial charge in [-0.1, -0.05) is 30.3 Å². The van der Waals surface area contributed by atoms with Gasteiger partial charge in [0.15, 0.2) is 0 Å². The van der Waals surface area contributed by atoms with Gasteiger partial charge >= 0.3 is 0 Å². The lowest BCUT2D eigenvalue weighted by atomic mass is 10.1. The van der Waals surface area contributed by atoms with E-state index in [0.717, 1.165) is 26.1 Å². The van der Waals surface area contributed by atoms with Crippen LogP contribution in [-0.4, -0.2) is 58.6 Å². The summed E-state index contributed by atoms with van der Waals surface area (Å²) in [6.07, 6.45) is 1.02. The van der Waals surface area contributed by atoms with Gasteiger partial charge in [-0.3, -0.25) is 14.5 Å². The van der Waals surface area contributed by atoms with E-state index in [2.05, 4.69) is 39.4 Å². The molecule has 0 radical (unpaired) electrons. The number of piperazine rings is 1. The van der Waals surface area contributed by atoms with Crippen LogP contribution < -0.4 is 5.56 Å². The monoisotopic (exact) mass is 312 g/mol. The molecule has 1 N–H and O–H groups in total. The summed E-state index contributed by atoms with van der Waals surface area (Å²) in [4.78, 5) is 27.5. The highest BCUT2D eigenvalue weighted by Gasteiger charge is 2.22. The number of aromatic amines is 1. The van der Waals surface area contributed by atoms with Crippen molar-refractivity contribution in [3.05, 3.63) is 64.1 Å². The molecule has 23 heavy (non-hydrogen) atoms. The summed E-state index contributed by atoms with van der Waals surface area (Å²) in [6.45, 7) is 4.11. The number of hydrogen-bond donors (Lipinski definition) is 1. The Balaban J connectivity index is 1.49. The second-order valence-electron chi connectivity index (χ2n) is 5.68. The Morgan fingerprint density at radius 1 is 1.04 bits per heavy atom. The lowest BCUT2D eigenvalue weighted by molar-refractivity contribution is 0.0631. The number of aromatic nitrogens is 2. The van der Waals surface area contributed by atoms with E-state index in [1.807, 2.05) is 6.07 Å². The van der Waals surface area contributed by atoms with Crippen LogP contribution in [0, 0.1) is 0 Å². The lowest BCUT2D eigenvalue weighted by Gasteiger charge is -2.34. The van der Waals surface area contributed by atoms with Gasteiger partial charge in [0.1, 0.15) is 5.69 Å². The molecule has 2 heterocycles. The van der Waals surface area contributed by atoms with Gasteiger partial charge in [-0.05, 0) is 18.1 Å². The van der Waals surface area contributed by atoms with E-state index in [0.29, 0.717) is 18.8 Å². The molecule has 6 nitrogen and oxygen atoms in total. The van der Waals surface area contributed by atoms with Crippen molar-refractivity contribution in [2.24, 2.45) is 0 Å². The van der Waals surface area contributed by atoms with Crippen LogP contribution in [0.2, 0.25) is 0 Å². The Bertz CT molecular complexity index is 686. The third-order valence-electron chi connectivity index (χ3n) is 4.12. The fourth-order valence-corrected chi connectivity index (χ4v) is 2.73. The van der Waals surface area contributed by atoms with Gasteiger partial charge in [-0.15, -0.1) is 0 Å². The molecule has 0 aliphatic carbocycles. The average molecular weight is 312 g/mol. The summed E-state index contributed by atoms with van der Waals surface area (Å²) in [6, 6.07) is 13.2. The topological polar surface area (TPSA) is 69.3 Å². The molecule has 0 atom stereocenters.